The van der Waals surface area contributed by atoms with Crippen LogP contribution in [-0.4, -0.2) is 7.11 Å². The van der Waals surface area contributed by atoms with Crippen LogP contribution in [0.15, 0.2) is 52.9 Å². The maximum absolute atomic E-state index is 5.85. The van der Waals surface area contributed by atoms with Gasteiger partial charge in [-0.05, 0) is 11.6 Å². The van der Waals surface area contributed by atoms with Gasteiger partial charge in [0.05, 0.1) is 12.5 Å². The third-order valence-electron chi connectivity index (χ3n) is 2.92. The summed E-state index contributed by atoms with van der Waals surface area (Å²) >= 11 is 0. The van der Waals surface area contributed by atoms with E-state index in [0.717, 1.165) is 16.7 Å². The van der Waals surface area contributed by atoms with Crippen molar-refractivity contribution in [3.8, 4) is 11.5 Å². The molecule has 0 spiro atoms. The molecule has 19 heavy (non-hydrogen) atoms. The first-order chi connectivity index (χ1) is 9.36. The first kappa shape index (κ1) is 11.7. The highest BCUT2D eigenvalue weighted by Gasteiger charge is 2.08. The summed E-state index contributed by atoms with van der Waals surface area (Å²) in [7, 11) is 1.62. The van der Waals surface area contributed by atoms with E-state index >= 15 is 0 Å². The Morgan fingerprint density at radius 3 is 2.79 bits per heavy atom. The van der Waals surface area contributed by atoms with Crippen molar-refractivity contribution in [1.29, 1.82) is 0 Å². The molecule has 0 fully saturated rings. The smallest absolute Gasteiger partial charge is 0.170 e. The van der Waals surface area contributed by atoms with Gasteiger partial charge in [0.25, 0.3) is 0 Å². The predicted molar refractivity (Wildman–Crippen MR) is 72.4 cm³/mol. The van der Waals surface area contributed by atoms with Gasteiger partial charge in [-0.15, -0.1) is 0 Å². The normalized spacial score (nSPS) is 10.6. The quantitative estimate of drug-likeness (QED) is 0.708. The third kappa shape index (κ3) is 2.40. The highest BCUT2D eigenvalue weighted by atomic mass is 16.5. The van der Waals surface area contributed by atoms with Crippen molar-refractivity contribution >= 4 is 11.0 Å². The van der Waals surface area contributed by atoms with Crippen molar-refractivity contribution in [3.05, 3.63) is 60.4 Å². The summed E-state index contributed by atoms with van der Waals surface area (Å²) < 4.78 is 16.3. The molecule has 0 amide bonds. The molecule has 3 aromatic rings. The van der Waals surface area contributed by atoms with Gasteiger partial charge < -0.3 is 13.9 Å². The number of ether oxygens (including phenoxy) is 2. The fraction of sp³-hybridized carbons (Fsp3) is 0.125. The molecule has 2 aromatic carbocycles. The van der Waals surface area contributed by atoms with E-state index in [2.05, 4.69) is 6.26 Å². The number of fused-ring (bicyclic) bond motifs is 1. The maximum atomic E-state index is 5.85. The zero-order valence-electron chi connectivity index (χ0n) is 10.6. The third-order valence-corrected chi connectivity index (χ3v) is 2.92. The van der Waals surface area contributed by atoms with Crippen LogP contribution in [0.1, 0.15) is 5.56 Å². The van der Waals surface area contributed by atoms with Gasteiger partial charge in [-0.2, -0.15) is 0 Å². The molecule has 1 radical (unpaired) electrons. The zero-order chi connectivity index (χ0) is 13.1. The number of benzene rings is 2. The molecule has 3 nitrogen and oxygen atoms in total. The first-order valence-electron chi connectivity index (χ1n) is 6.01. The average molecular weight is 253 g/mol. The molecule has 0 saturated heterocycles. The standard InChI is InChI=1S/C16H13O3/c1-17-13-9-15-14(7-8-18-15)16(10-13)19-11-12-5-3-2-4-6-12/h2-7,9-10H,11H2,1H3. The SMILES string of the molecule is COc1cc(OCc2ccccc2)c2c[c]oc2c1. The summed E-state index contributed by atoms with van der Waals surface area (Å²) in [6, 6.07) is 15.5. The summed E-state index contributed by atoms with van der Waals surface area (Å²) in [6.45, 7) is 0.508. The summed E-state index contributed by atoms with van der Waals surface area (Å²) in [4.78, 5) is 0. The number of furan rings is 1. The molecule has 0 saturated carbocycles. The van der Waals surface area contributed by atoms with Gasteiger partial charge in [-0.1, -0.05) is 30.3 Å². The molecule has 95 valence electrons. The van der Waals surface area contributed by atoms with Gasteiger partial charge in [0, 0.05) is 12.1 Å². The van der Waals surface area contributed by atoms with Gasteiger partial charge in [0.15, 0.2) is 6.26 Å². The topological polar surface area (TPSA) is 31.6 Å². The van der Waals surface area contributed by atoms with Crippen LogP contribution in [0.25, 0.3) is 11.0 Å². The van der Waals surface area contributed by atoms with Gasteiger partial charge in [-0.25, -0.2) is 0 Å². The summed E-state index contributed by atoms with van der Waals surface area (Å²) in [6.07, 6.45) is 2.72. The molecule has 1 heterocycles. The van der Waals surface area contributed by atoms with Crippen molar-refractivity contribution < 1.29 is 13.9 Å². The molecule has 0 atom stereocenters. The van der Waals surface area contributed by atoms with Crippen LogP contribution in [0.4, 0.5) is 0 Å². The van der Waals surface area contributed by atoms with Gasteiger partial charge in [-0.3, -0.25) is 0 Å². The first-order valence-corrected chi connectivity index (χ1v) is 6.01. The van der Waals surface area contributed by atoms with E-state index in [1.54, 1.807) is 13.2 Å². The van der Waals surface area contributed by atoms with E-state index in [9.17, 15) is 0 Å². The minimum atomic E-state index is 0.508. The lowest BCUT2D eigenvalue weighted by Gasteiger charge is -2.09. The van der Waals surface area contributed by atoms with Crippen molar-refractivity contribution in [1.82, 2.24) is 0 Å². The maximum Gasteiger partial charge on any atom is 0.170 e. The second-order valence-corrected chi connectivity index (χ2v) is 4.18. The molecule has 3 rings (SSSR count). The van der Waals surface area contributed by atoms with Crippen LogP contribution in [0.3, 0.4) is 0 Å². The number of methoxy groups -OCH3 is 1. The van der Waals surface area contributed by atoms with E-state index in [1.807, 2.05) is 42.5 Å². The lowest BCUT2D eigenvalue weighted by atomic mass is 10.2. The summed E-state index contributed by atoms with van der Waals surface area (Å²) in [5, 5.41) is 0.900. The molecule has 0 aliphatic heterocycles. The average Bonchev–Trinajstić information content (AvgIpc) is 2.94. The second kappa shape index (κ2) is 5.06. The molecule has 1 aromatic heterocycles. The lowest BCUT2D eigenvalue weighted by molar-refractivity contribution is 0.307. The van der Waals surface area contributed by atoms with Crippen molar-refractivity contribution in [2.75, 3.05) is 7.11 Å². The van der Waals surface area contributed by atoms with E-state index < -0.39 is 0 Å². The second-order valence-electron chi connectivity index (χ2n) is 4.18. The van der Waals surface area contributed by atoms with E-state index in [0.29, 0.717) is 17.9 Å². The van der Waals surface area contributed by atoms with Gasteiger partial charge >= 0.3 is 0 Å². The fourth-order valence-corrected chi connectivity index (χ4v) is 1.93. The highest BCUT2D eigenvalue weighted by Crippen LogP contribution is 2.32. The predicted octanol–water partition coefficient (Wildman–Crippen LogP) is 3.82. The molecular formula is C16H13O3. The number of rotatable bonds is 4. The van der Waals surface area contributed by atoms with Crippen LogP contribution in [0, 0.1) is 6.26 Å². The van der Waals surface area contributed by atoms with Gasteiger partial charge in [0.2, 0.25) is 0 Å². The van der Waals surface area contributed by atoms with Crippen molar-refractivity contribution in [2.45, 2.75) is 6.61 Å². The molecule has 0 aliphatic carbocycles. The van der Waals surface area contributed by atoms with E-state index in [-0.39, 0.29) is 0 Å². The lowest BCUT2D eigenvalue weighted by Crippen LogP contribution is -1.96. The van der Waals surface area contributed by atoms with Crippen LogP contribution in [0.2, 0.25) is 0 Å². The minimum absolute atomic E-state index is 0.508. The van der Waals surface area contributed by atoms with Crippen LogP contribution in [-0.2, 0) is 6.61 Å². The van der Waals surface area contributed by atoms with E-state index in [4.69, 9.17) is 13.9 Å². The number of hydrogen-bond donors (Lipinski definition) is 0. The Balaban J connectivity index is 1.89. The largest absolute Gasteiger partial charge is 0.496 e. The fourth-order valence-electron chi connectivity index (χ4n) is 1.93. The van der Waals surface area contributed by atoms with E-state index in [1.165, 1.54) is 0 Å². The summed E-state index contributed by atoms with van der Waals surface area (Å²) in [5.41, 5.74) is 1.83. The Hall–Kier alpha value is -2.42. The Morgan fingerprint density at radius 1 is 1.16 bits per heavy atom. The van der Waals surface area contributed by atoms with Crippen LogP contribution < -0.4 is 9.47 Å². The Bertz CT molecular complexity index is 671. The highest BCUT2D eigenvalue weighted by molar-refractivity contribution is 5.85. The Labute approximate surface area is 111 Å². The van der Waals surface area contributed by atoms with Crippen LogP contribution in [0.5, 0.6) is 11.5 Å². The molecule has 0 N–H and O–H groups in total. The Morgan fingerprint density at radius 2 is 2.00 bits per heavy atom. The van der Waals surface area contributed by atoms with Crippen molar-refractivity contribution in [2.24, 2.45) is 0 Å². The Kier molecular flexibility index (Phi) is 3.11. The minimum Gasteiger partial charge on any atom is -0.496 e. The zero-order valence-corrected chi connectivity index (χ0v) is 10.6. The summed E-state index contributed by atoms with van der Waals surface area (Å²) in [5.74, 6) is 1.45. The molecule has 3 heteroatoms. The van der Waals surface area contributed by atoms with Gasteiger partial charge in [0.1, 0.15) is 23.7 Å². The molecular weight excluding hydrogens is 240 g/mol. The number of hydrogen-bond acceptors (Lipinski definition) is 3. The molecule has 0 aliphatic rings. The van der Waals surface area contributed by atoms with Crippen LogP contribution >= 0.6 is 0 Å². The molecule has 0 bridgehead atoms. The van der Waals surface area contributed by atoms with Crippen molar-refractivity contribution in [3.63, 3.8) is 0 Å². The molecule has 0 unspecified atom stereocenters. The monoisotopic (exact) mass is 253 g/mol.